The van der Waals surface area contributed by atoms with E-state index in [9.17, 15) is 4.79 Å². The molecule has 1 saturated heterocycles. The predicted octanol–water partition coefficient (Wildman–Crippen LogP) is 0.622. The first-order chi connectivity index (χ1) is 7.51. The van der Waals surface area contributed by atoms with Gasteiger partial charge in [-0.2, -0.15) is 0 Å². The number of aliphatic hydroxyl groups is 1. The lowest BCUT2D eigenvalue weighted by molar-refractivity contribution is -0.0402. The van der Waals surface area contributed by atoms with Gasteiger partial charge in [0.25, 0.3) is 0 Å². The molecule has 0 aliphatic carbocycles. The van der Waals surface area contributed by atoms with E-state index in [0.717, 1.165) is 12.8 Å². The average molecular weight is 230 g/mol. The minimum Gasteiger partial charge on any atom is -0.394 e. The highest BCUT2D eigenvalue weighted by Gasteiger charge is 2.25. The molecule has 94 valence electrons. The van der Waals surface area contributed by atoms with Crippen LogP contribution in [-0.4, -0.2) is 42.0 Å². The molecule has 2 amide bonds. The normalized spacial score (nSPS) is 31.9. The molecular formula is C11H22N2O3. The fraction of sp³-hybridized carbons (Fsp3) is 0.909. The molecule has 5 nitrogen and oxygen atoms in total. The third kappa shape index (κ3) is 4.37. The molecule has 0 aromatic rings. The van der Waals surface area contributed by atoms with Gasteiger partial charge in [0, 0.05) is 6.04 Å². The molecule has 1 fully saturated rings. The Bertz CT molecular complexity index is 225. The van der Waals surface area contributed by atoms with Crippen LogP contribution in [0.4, 0.5) is 4.79 Å². The number of hydrogen-bond acceptors (Lipinski definition) is 3. The summed E-state index contributed by atoms with van der Waals surface area (Å²) in [6.07, 6.45) is 2.05. The maximum Gasteiger partial charge on any atom is 0.315 e. The highest BCUT2D eigenvalue weighted by atomic mass is 16.5. The van der Waals surface area contributed by atoms with Gasteiger partial charge in [-0.1, -0.05) is 0 Å². The van der Waals surface area contributed by atoms with Crippen molar-refractivity contribution in [2.45, 2.75) is 57.9 Å². The molecule has 0 aromatic carbocycles. The van der Waals surface area contributed by atoms with Crippen LogP contribution in [0.1, 0.15) is 33.6 Å². The Hall–Kier alpha value is -0.810. The third-order valence-corrected chi connectivity index (χ3v) is 2.68. The summed E-state index contributed by atoms with van der Waals surface area (Å²) in [7, 11) is 0. The summed E-state index contributed by atoms with van der Waals surface area (Å²) >= 11 is 0. The number of hydrogen-bond donors (Lipinski definition) is 3. The lowest BCUT2D eigenvalue weighted by atomic mass is 10.0. The molecule has 0 bridgehead atoms. The van der Waals surface area contributed by atoms with Crippen molar-refractivity contribution in [2.24, 2.45) is 0 Å². The van der Waals surface area contributed by atoms with Crippen molar-refractivity contribution in [3.8, 4) is 0 Å². The molecule has 0 spiro atoms. The standard InChI is InChI=1S/C11H22N2O3/c1-7(6-14)12-11(15)13-10-4-8(2)16-9(3)5-10/h7-10,14H,4-6H2,1-3H3,(H2,12,13,15)/t7-,8?,9?,10?/m0/s1. The number of rotatable bonds is 3. The molecular weight excluding hydrogens is 208 g/mol. The Morgan fingerprint density at radius 2 is 2.00 bits per heavy atom. The molecule has 0 saturated carbocycles. The SMILES string of the molecule is CC1CC(NC(=O)N[C@@H](C)CO)CC(C)O1. The number of carbonyl (C=O) groups excluding carboxylic acids is 1. The van der Waals surface area contributed by atoms with Gasteiger partial charge in [-0.05, 0) is 33.6 Å². The molecule has 0 radical (unpaired) electrons. The van der Waals surface area contributed by atoms with E-state index in [1.807, 2.05) is 13.8 Å². The Morgan fingerprint density at radius 3 is 2.50 bits per heavy atom. The van der Waals surface area contributed by atoms with E-state index in [1.54, 1.807) is 6.92 Å². The minimum absolute atomic E-state index is 0.0476. The van der Waals surface area contributed by atoms with Gasteiger partial charge >= 0.3 is 6.03 Å². The van der Waals surface area contributed by atoms with E-state index in [0.29, 0.717) is 0 Å². The Balaban J connectivity index is 2.33. The number of ether oxygens (including phenoxy) is 1. The largest absolute Gasteiger partial charge is 0.394 e. The van der Waals surface area contributed by atoms with E-state index in [1.165, 1.54) is 0 Å². The summed E-state index contributed by atoms with van der Waals surface area (Å²) in [6, 6.07) is -0.271. The van der Waals surface area contributed by atoms with Crippen molar-refractivity contribution >= 4 is 6.03 Å². The van der Waals surface area contributed by atoms with Crippen LogP contribution in [0.25, 0.3) is 0 Å². The van der Waals surface area contributed by atoms with E-state index in [4.69, 9.17) is 9.84 Å². The maximum atomic E-state index is 11.5. The molecule has 5 heteroatoms. The number of amides is 2. The third-order valence-electron chi connectivity index (χ3n) is 2.68. The number of urea groups is 1. The van der Waals surface area contributed by atoms with E-state index >= 15 is 0 Å². The van der Waals surface area contributed by atoms with Crippen LogP contribution in [0.15, 0.2) is 0 Å². The van der Waals surface area contributed by atoms with Gasteiger partial charge in [0.2, 0.25) is 0 Å². The van der Waals surface area contributed by atoms with Gasteiger partial charge in [-0.25, -0.2) is 4.79 Å². The Kier molecular flexibility index (Phi) is 5.02. The number of aliphatic hydroxyl groups excluding tert-OH is 1. The van der Waals surface area contributed by atoms with Crippen molar-refractivity contribution in [3.63, 3.8) is 0 Å². The summed E-state index contributed by atoms with van der Waals surface area (Å²) in [6.45, 7) is 5.74. The zero-order valence-electron chi connectivity index (χ0n) is 10.2. The maximum absolute atomic E-state index is 11.5. The van der Waals surface area contributed by atoms with Gasteiger partial charge in [0.05, 0.1) is 24.9 Å². The highest BCUT2D eigenvalue weighted by Crippen LogP contribution is 2.18. The minimum atomic E-state index is -0.215. The number of carbonyl (C=O) groups is 1. The molecule has 1 aliphatic heterocycles. The average Bonchev–Trinajstić information content (AvgIpc) is 2.15. The fourth-order valence-electron chi connectivity index (χ4n) is 2.02. The molecule has 3 atom stereocenters. The van der Waals surface area contributed by atoms with Gasteiger partial charge in [0.15, 0.2) is 0 Å². The lowest BCUT2D eigenvalue weighted by Gasteiger charge is -2.32. The first kappa shape index (κ1) is 13.3. The van der Waals surface area contributed by atoms with Gasteiger partial charge in [-0.15, -0.1) is 0 Å². The zero-order valence-corrected chi connectivity index (χ0v) is 10.2. The van der Waals surface area contributed by atoms with Crippen LogP contribution in [-0.2, 0) is 4.74 Å². The van der Waals surface area contributed by atoms with Crippen LogP contribution < -0.4 is 10.6 Å². The molecule has 1 aliphatic rings. The molecule has 0 aromatic heterocycles. The van der Waals surface area contributed by atoms with Crippen molar-refractivity contribution in [2.75, 3.05) is 6.61 Å². The second-order valence-corrected chi connectivity index (χ2v) is 4.63. The second-order valence-electron chi connectivity index (χ2n) is 4.63. The molecule has 3 N–H and O–H groups in total. The lowest BCUT2D eigenvalue weighted by Crippen LogP contribution is -2.50. The second kappa shape index (κ2) is 6.06. The van der Waals surface area contributed by atoms with Crippen LogP contribution in [0.5, 0.6) is 0 Å². The highest BCUT2D eigenvalue weighted by molar-refractivity contribution is 5.74. The van der Waals surface area contributed by atoms with E-state index < -0.39 is 0 Å². The Morgan fingerprint density at radius 1 is 1.44 bits per heavy atom. The van der Waals surface area contributed by atoms with Gasteiger partial charge in [0.1, 0.15) is 0 Å². The zero-order chi connectivity index (χ0) is 12.1. The Labute approximate surface area is 96.6 Å². The van der Waals surface area contributed by atoms with Crippen molar-refractivity contribution in [3.05, 3.63) is 0 Å². The van der Waals surface area contributed by atoms with Gasteiger partial charge < -0.3 is 20.5 Å². The molecule has 1 rings (SSSR count). The van der Waals surface area contributed by atoms with Crippen molar-refractivity contribution < 1.29 is 14.6 Å². The van der Waals surface area contributed by atoms with Crippen LogP contribution in [0, 0.1) is 0 Å². The topological polar surface area (TPSA) is 70.6 Å². The predicted molar refractivity (Wildman–Crippen MR) is 61.2 cm³/mol. The van der Waals surface area contributed by atoms with Crippen LogP contribution in [0.2, 0.25) is 0 Å². The summed E-state index contributed by atoms with van der Waals surface area (Å²) in [5.41, 5.74) is 0. The summed E-state index contributed by atoms with van der Waals surface area (Å²) in [4.78, 5) is 11.5. The van der Waals surface area contributed by atoms with Crippen molar-refractivity contribution in [1.82, 2.24) is 10.6 Å². The molecule has 2 unspecified atom stereocenters. The quantitative estimate of drug-likeness (QED) is 0.665. The smallest absolute Gasteiger partial charge is 0.315 e. The van der Waals surface area contributed by atoms with Crippen LogP contribution in [0.3, 0.4) is 0 Å². The summed E-state index contributed by atoms with van der Waals surface area (Å²) < 4.78 is 5.59. The molecule has 1 heterocycles. The summed E-state index contributed by atoms with van der Waals surface area (Å²) in [5.74, 6) is 0. The summed E-state index contributed by atoms with van der Waals surface area (Å²) in [5, 5.41) is 14.4. The van der Waals surface area contributed by atoms with Crippen molar-refractivity contribution in [1.29, 1.82) is 0 Å². The van der Waals surface area contributed by atoms with Gasteiger partial charge in [-0.3, -0.25) is 0 Å². The van der Waals surface area contributed by atoms with Crippen LogP contribution >= 0.6 is 0 Å². The van der Waals surface area contributed by atoms with E-state index in [-0.39, 0.29) is 36.9 Å². The van der Waals surface area contributed by atoms with E-state index in [2.05, 4.69) is 10.6 Å². The first-order valence-electron chi connectivity index (χ1n) is 5.84. The monoisotopic (exact) mass is 230 g/mol. The first-order valence-corrected chi connectivity index (χ1v) is 5.84. The fourth-order valence-corrected chi connectivity index (χ4v) is 2.02. The number of nitrogens with one attached hydrogen (secondary N) is 2. The molecule has 16 heavy (non-hydrogen) atoms.